The summed E-state index contributed by atoms with van der Waals surface area (Å²) < 4.78 is 18.3. The molecule has 0 aliphatic rings. The topological polar surface area (TPSA) is 47.3 Å². The molecule has 4 heteroatoms. The summed E-state index contributed by atoms with van der Waals surface area (Å²) in [6.45, 7) is 0.384. The second-order valence-corrected chi connectivity index (χ2v) is 4.22. The third kappa shape index (κ3) is 3.45. The van der Waals surface area contributed by atoms with Crippen LogP contribution in [0, 0.1) is 5.82 Å². The summed E-state index contributed by atoms with van der Waals surface area (Å²) in [7, 11) is 1.62. The molecule has 0 aliphatic heterocycles. The lowest BCUT2D eigenvalue weighted by atomic mass is 10.1. The summed E-state index contributed by atoms with van der Waals surface area (Å²) in [5, 5.41) is 3.28. The maximum atomic E-state index is 13.2. The van der Waals surface area contributed by atoms with Gasteiger partial charge in [-0.25, -0.2) is 4.39 Å². The summed E-state index contributed by atoms with van der Waals surface area (Å²) in [4.78, 5) is 0. The molecule has 0 fully saturated rings. The summed E-state index contributed by atoms with van der Waals surface area (Å²) in [6, 6.07) is 13.9. The molecule has 2 aromatic rings. The minimum atomic E-state index is -0.257. The Bertz CT molecular complexity index is 528. The molecule has 0 radical (unpaired) electrons. The highest BCUT2D eigenvalue weighted by atomic mass is 19.1. The minimum absolute atomic E-state index is 0.121. The molecule has 3 nitrogen and oxygen atoms in total. The number of hydrogen-bond acceptors (Lipinski definition) is 3. The van der Waals surface area contributed by atoms with Crippen molar-refractivity contribution in [2.24, 2.45) is 5.73 Å². The predicted octanol–water partition coefficient (Wildman–Crippen LogP) is 2.95. The molecule has 0 aromatic heterocycles. The Morgan fingerprint density at radius 3 is 2.53 bits per heavy atom. The monoisotopic (exact) mass is 260 g/mol. The van der Waals surface area contributed by atoms with Crippen LogP contribution in [0.3, 0.4) is 0 Å². The van der Waals surface area contributed by atoms with Gasteiger partial charge in [-0.1, -0.05) is 12.1 Å². The number of methoxy groups -OCH3 is 1. The number of nitrogens with two attached hydrogens (primary N) is 1. The first kappa shape index (κ1) is 13.4. The van der Waals surface area contributed by atoms with E-state index in [1.807, 2.05) is 30.3 Å². The van der Waals surface area contributed by atoms with E-state index >= 15 is 0 Å². The van der Waals surface area contributed by atoms with Gasteiger partial charge in [0.1, 0.15) is 11.6 Å². The number of halogens is 1. The van der Waals surface area contributed by atoms with Crippen LogP contribution in [0.5, 0.6) is 5.75 Å². The molecule has 3 N–H and O–H groups in total. The molecule has 0 saturated carbocycles. The fourth-order valence-electron chi connectivity index (χ4n) is 1.89. The lowest BCUT2D eigenvalue weighted by Gasteiger charge is -2.19. The van der Waals surface area contributed by atoms with Crippen molar-refractivity contribution >= 4 is 5.69 Å². The first-order valence-electron chi connectivity index (χ1n) is 6.09. The Labute approximate surface area is 112 Å². The fraction of sp³-hybridized carbons (Fsp3) is 0.200. The van der Waals surface area contributed by atoms with E-state index in [0.717, 1.165) is 17.0 Å². The van der Waals surface area contributed by atoms with E-state index in [4.69, 9.17) is 10.5 Å². The number of nitrogens with one attached hydrogen (secondary N) is 1. The van der Waals surface area contributed by atoms with E-state index in [-0.39, 0.29) is 11.9 Å². The molecule has 19 heavy (non-hydrogen) atoms. The number of ether oxygens (including phenoxy) is 1. The summed E-state index contributed by atoms with van der Waals surface area (Å²) in [6.07, 6.45) is 0. The first-order chi connectivity index (χ1) is 9.22. The van der Waals surface area contributed by atoms with Gasteiger partial charge in [0.25, 0.3) is 0 Å². The van der Waals surface area contributed by atoms with Crippen LogP contribution < -0.4 is 15.8 Å². The van der Waals surface area contributed by atoms with Crippen LogP contribution in [0.25, 0.3) is 0 Å². The van der Waals surface area contributed by atoms with Crippen molar-refractivity contribution in [2.75, 3.05) is 19.0 Å². The number of anilines is 1. The quantitative estimate of drug-likeness (QED) is 0.869. The van der Waals surface area contributed by atoms with Crippen LogP contribution in [0.1, 0.15) is 11.6 Å². The molecule has 0 heterocycles. The molecule has 1 atom stereocenters. The molecular formula is C15H17FN2O. The van der Waals surface area contributed by atoms with E-state index in [2.05, 4.69) is 5.32 Å². The molecule has 0 aliphatic carbocycles. The fourth-order valence-corrected chi connectivity index (χ4v) is 1.89. The van der Waals surface area contributed by atoms with Gasteiger partial charge in [0.05, 0.1) is 13.2 Å². The largest absolute Gasteiger partial charge is 0.497 e. The van der Waals surface area contributed by atoms with Gasteiger partial charge < -0.3 is 15.8 Å². The van der Waals surface area contributed by atoms with E-state index in [1.165, 1.54) is 12.1 Å². The Kier molecular flexibility index (Phi) is 4.36. The van der Waals surface area contributed by atoms with E-state index in [1.54, 1.807) is 13.2 Å². The molecular weight excluding hydrogens is 243 g/mol. The minimum Gasteiger partial charge on any atom is -0.497 e. The van der Waals surface area contributed by atoms with Crippen molar-refractivity contribution in [3.05, 3.63) is 59.9 Å². The molecule has 2 rings (SSSR count). The smallest absolute Gasteiger partial charge is 0.123 e. The Hall–Kier alpha value is -2.07. The van der Waals surface area contributed by atoms with Crippen LogP contribution >= 0.6 is 0 Å². The summed E-state index contributed by atoms with van der Waals surface area (Å²) >= 11 is 0. The lowest BCUT2D eigenvalue weighted by molar-refractivity contribution is 0.415. The van der Waals surface area contributed by atoms with Crippen LogP contribution in [0.4, 0.5) is 10.1 Å². The van der Waals surface area contributed by atoms with Crippen LogP contribution in [-0.2, 0) is 0 Å². The van der Waals surface area contributed by atoms with E-state index in [0.29, 0.717) is 6.54 Å². The lowest BCUT2D eigenvalue weighted by Crippen LogP contribution is -2.20. The van der Waals surface area contributed by atoms with Gasteiger partial charge >= 0.3 is 0 Å². The molecule has 2 aromatic carbocycles. The van der Waals surface area contributed by atoms with Crippen molar-refractivity contribution in [1.82, 2.24) is 0 Å². The van der Waals surface area contributed by atoms with Gasteiger partial charge in [0, 0.05) is 12.2 Å². The zero-order chi connectivity index (χ0) is 13.7. The van der Waals surface area contributed by atoms with Gasteiger partial charge in [-0.05, 0) is 42.0 Å². The molecule has 0 amide bonds. The summed E-state index contributed by atoms with van der Waals surface area (Å²) in [5.74, 6) is 0.535. The van der Waals surface area contributed by atoms with Crippen LogP contribution in [0.15, 0.2) is 48.5 Å². The van der Waals surface area contributed by atoms with Crippen molar-refractivity contribution in [2.45, 2.75) is 6.04 Å². The maximum absolute atomic E-state index is 13.2. The molecule has 100 valence electrons. The molecule has 1 unspecified atom stereocenters. The zero-order valence-electron chi connectivity index (χ0n) is 10.8. The Morgan fingerprint density at radius 2 is 1.95 bits per heavy atom. The normalized spacial score (nSPS) is 11.9. The molecule has 0 saturated heterocycles. The number of hydrogen-bond donors (Lipinski definition) is 2. The second-order valence-electron chi connectivity index (χ2n) is 4.22. The molecule has 0 spiro atoms. The second kappa shape index (κ2) is 6.20. The summed E-state index contributed by atoms with van der Waals surface area (Å²) in [5.41, 5.74) is 7.50. The average Bonchev–Trinajstić information content (AvgIpc) is 2.45. The predicted molar refractivity (Wildman–Crippen MR) is 74.8 cm³/mol. The van der Waals surface area contributed by atoms with Gasteiger partial charge in [-0.3, -0.25) is 0 Å². The average molecular weight is 260 g/mol. The van der Waals surface area contributed by atoms with Gasteiger partial charge in [0.15, 0.2) is 0 Å². The third-order valence-corrected chi connectivity index (χ3v) is 2.92. The van der Waals surface area contributed by atoms with Crippen molar-refractivity contribution in [3.63, 3.8) is 0 Å². The van der Waals surface area contributed by atoms with E-state index < -0.39 is 0 Å². The van der Waals surface area contributed by atoms with Gasteiger partial charge in [-0.2, -0.15) is 0 Å². The highest BCUT2D eigenvalue weighted by Crippen LogP contribution is 2.21. The van der Waals surface area contributed by atoms with Crippen molar-refractivity contribution < 1.29 is 9.13 Å². The maximum Gasteiger partial charge on any atom is 0.123 e. The SMILES string of the molecule is COc1ccc(NC(CN)c2cccc(F)c2)cc1. The number of benzene rings is 2. The van der Waals surface area contributed by atoms with Gasteiger partial charge in [0.2, 0.25) is 0 Å². The van der Waals surface area contributed by atoms with Crippen molar-refractivity contribution in [1.29, 1.82) is 0 Å². The highest BCUT2D eigenvalue weighted by molar-refractivity contribution is 5.48. The van der Waals surface area contributed by atoms with E-state index in [9.17, 15) is 4.39 Å². The van der Waals surface area contributed by atoms with Gasteiger partial charge in [-0.15, -0.1) is 0 Å². The Balaban J connectivity index is 2.14. The van der Waals surface area contributed by atoms with Crippen LogP contribution in [-0.4, -0.2) is 13.7 Å². The molecule has 0 bridgehead atoms. The number of rotatable bonds is 5. The third-order valence-electron chi connectivity index (χ3n) is 2.92. The zero-order valence-corrected chi connectivity index (χ0v) is 10.8. The highest BCUT2D eigenvalue weighted by Gasteiger charge is 2.10. The standard InChI is InChI=1S/C15H17FN2O/c1-19-14-7-5-13(6-8-14)18-15(10-17)11-3-2-4-12(16)9-11/h2-9,15,18H,10,17H2,1H3. The first-order valence-corrected chi connectivity index (χ1v) is 6.09. The van der Waals surface area contributed by atoms with Crippen molar-refractivity contribution in [3.8, 4) is 5.75 Å². The Morgan fingerprint density at radius 1 is 1.21 bits per heavy atom. The van der Waals surface area contributed by atoms with Crippen LogP contribution in [0.2, 0.25) is 0 Å².